The number of methoxy groups -OCH3 is 1. The van der Waals surface area contributed by atoms with E-state index in [-0.39, 0.29) is 6.04 Å². The first-order valence-electron chi connectivity index (χ1n) is 6.70. The van der Waals surface area contributed by atoms with Gasteiger partial charge in [0, 0.05) is 16.7 Å². The molecule has 2 nitrogen and oxygen atoms in total. The van der Waals surface area contributed by atoms with Crippen molar-refractivity contribution < 1.29 is 4.74 Å². The Kier molecular flexibility index (Phi) is 5.10. The number of hydrogen-bond acceptors (Lipinski definition) is 3. The van der Waals surface area contributed by atoms with Gasteiger partial charge in [0.25, 0.3) is 0 Å². The number of benzene rings is 2. The standard InChI is InChI=1S/C17H21NOS/c1-12-8-9-14(10-13(12)2)15(18)11-20-17-7-5-4-6-16(17)19-3/h4-10,15H,11,18H2,1-3H3. The van der Waals surface area contributed by atoms with Gasteiger partial charge in [-0.2, -0.15) is 0 Å². The number of rotatable bonds is 5. The number of aryl methyl sites for hydroxylation is 2. The summed E-state index contributed by atoms with van der Waals surface area (Å²) in [6.45, 7) is 4.24. The summed E-state index contributed by atoms with van der Waals surface area (Å²) in [6.07, 6.45) is 0. The van der Waals surface area contributed by atoms with Crippen LogP contribution in [-0.4, -0.2) is 12.9 Å². The van der Waals surface area contributed by atoms with Crippen LogP contribution in [0.5, 0.6) is 5.75 Å². The maximum absolute atomic E-state index is 6.29. The molecule has 2 aromatic rings. The van der Waals surface area contributed by atoms with Crippen molar-refractivity contribution >= 4 is 11.8 Å². The van der Waals surface area contributed by atoms with E-state index in [2.05, 4.69) is 38.1 Å². The van der Waals surface area contributed by atoms with Crippen molar-refractivity contribution in [3.8, 4) is 5.75 Å². The van der Waals surface area contributed by atoms with Crippen molar-refractivity contribution in [3.63, 3.8) is 0 Å². The number of nitrogens with two attached hydrogens (primary N) is 1. The van der Waals surface area contributed by atoms with Crippen LogP contribution in [0, 0.1) is 13.8 Å². The fraction of sp³-hybridized carbons (Fsp3) is 0.294. The van der Waals surface area contributed by atoms with Crippen LogP contribution < -0.4 is 10.5 Å². The monoisotopic (exact) mass is 287 g/mol. The molecule has 2 rings (SSSR count). The summed E-state index contributed by atoms with van der Waals surface area (Å²) >= 11 is 1.73. The number of ether oxygens (including phenoxy) is 1. The third-order valence-corrected chi connectivity index (χ3v) is 4.62. The molecule has 0 saturated heterocycles. The molecular weight excluding hydrogens is 266 g/mol. The van der Waals surface area contributed by atoms with E-state index < -0.39 is 0 Å². The molecule has 0 heterocycles. The molecule has 0 aromatic heterocycles. The van der Waals surface area contributed by atoms with Crippen LogP contribution in [0.4, 0.5) is 0 Å². The summed E-state index contributed by atoms with van der Waals surface area (Å²) in [5, 5.41) is 0. The normalized spacial score (nSPS) is 12.2. The van der Waals surface area contributed by atoms with Gasteiger partial charge in [-0.15, -0.1) is 11.8 Å². The minimum absolute atomic E-state index is 0.0317. The lowest BCUT2D eigenvalue weighted by atomic mass is 10.0. The fourth-order valence-corrected chi connectivity index (χ4v) is 3.03. The summed E-state index contributed by atoms with van der Waals surface area (Å²) in [4.78, 5) is 1.13. The summed E-state index contributed by atoms with van der Waals surface area (Å²) in [7, 11) is 1.70. The zero-order valence-corrected chi connectivity index (χ0v) is 13.0. The van der Waals surface area contributed by atoms with E-state index in [1.807, 2.05) is 18.2 Å². The smallest absolute Gasteiger partial charge is 0.132 e. The van der Waals surface area contributed by atoms with Crippen LogP contribution in [0.15, 0.2) is 47.4 Å². The molecule has 106 valence electrons. The molecule has 2 aromatic carbocycles. The van der Waals surface area contributed by atoms with Gasteiger partial charge in [-0.1, -0.05) is 30.3 Å². The Labute approximate surface area is 125 Å². The van der Waals surface area contributed by atoms with Gasteiger partial charge in [0.2, 0.25) is 0 Å². The second-order valence-corrected chi connectivity index (χ2v) is 5.97. The predicted molar refractivity (Wildman–Crippen MR) is 86.6 cm³/mol. The Bertz CT molecular complexity index is 583. The van der Waals surface area contributed by atoms with Crippen molar-refractivity contribution in [1.82, 2.24) is 0 Å². The second-order valence-electron chi connectivity index (χ2n) is 4.91. The molecule has 2 N–H and O–H groups in total. The largest absolute Gasteiger partial charge is 0.496 e. The highest BCUT2D eigenvalue weighted by molar-refractivity contribution is 7.99. The van der Waals surface area contributed by atoms with Gasteiger partial charge in [0.1, 0.15) is 5.75 Å². The minimum Gasteiger partial charge on any atom is -0.496 e. The van der Waals surface area contributed by atoms with Crippen molar-refractivity contribution in [2.24, 2.45) is 5.73 Å². The molecule has 3 heteroatoms. The zero-order valence-electron chi connectivity index (χ0n) is 12.2. The molecule has 0 fully saturated rings. The summed E-state index contributed by atoms with van der Waals surface area (Å²) < 4.78 is 5.36. The molecule has 20 heavy (non-hydrogen) atoms. The molecule has 0 aliphatic rings. The Morgan fingerprint density at radius 2 is 1.85 bits per heavy atom. The average molecular weight is 287 g/mol. The predicted octanol–water partition coefficient (Wildman–Crippen LogP) is 4.10. The molecule has 0 aliphatic heterocycles. The van der Waals surface area contributed by atoms with Gasteiger partial charge in [-0.25, -0.2) is 0 Å². The first-order chi connectivity index (χ1) is 9.61. The summed E-state index contributed by atoms with van der Waals surface area (Å²) in [6, 6.07) is 14.5. The second kappa shape index (κ2) is 6.82. The third-order valence-electron chi connectivity index (χ3n) is 3.45. The lowest BCUT2D eigenvalue weighted by Crippen LogP contribution is -2.13. The Morgan fingerprint density at radius 3 is 2.55 bits per heavy atom. The van der Waals surface area contributed by atoms with Crippen LogP contribution in [0.25, 0.3) is 0 Å². The fourth-order valence-electron chi connectivity index (χ4n) is 2.01. The lowest BCUT2D eigenvalue weighted by molar-refractivity contribution is 0.405. The Morgan fingerprint density at radius 1 is 1.10 bits per heavy atom. The van der Waals surface area contributed by atoms with E-state index in [1.165, 1.54) is 16.7 Å². The van der Waals surface area contributed by atoms with Gasteiger partial charge in [0.15, 0.2) is 0 Å². The van der Waals surface area contributed by atoms with E-state index in [4.69, 9.17) is 10.5 Å². The topological polar surface area (TPSA) is 35.2 Å². The highest BCUT2D eigenvalue weighted by Crippen LogP contribution is 2.31. The van der Waals surface area contributed by atoms with E-state index in [0.29, 0.717) is 0 Å². The molecule has 1 unspecified atom stereocenters. The molecular formula is C17H21NOS. The van der Waals surface area contributed by atoms with Gasteiger partial charge in [-0.3, -0.25) is 0 Å². The maximum atomic E-state index is 6.29. The number of thioether (sulfide) groups is 1. The SMILES string of the molecule is COc1ccccc1SCC(N)c1ccc(C)c(C)c1. The van der Waals surface area contributed by atoms with Gasteiger partial charge < -0.3 is 10.5 Å². The van der Waals surface area contributed by atoms with Crippen LogP contribution in [0.1, 0.15) is 22.7 Å². The molecule has 0 bridgehead atoms. The number of para-hydroxylation sites is 1. The lowest BCUT2D eigenvalue weighted by Gasteiger charge is -2.14. The summed E-state index contributed by atoms with van der Waals surface area (Å²) in [5.41, 5.74) is 10.1. The summed E-state index contributed by atoms with van der Waals surface area (Å²) in [5.74, 6) is 1.74. The van der Waals surface area contributed by atoms with Crippen molar-refractivity contribution in [2.45, 2.75) is 24.8 Å². The number of hydrogen-bond donors (Lipinski definition) is 1. The van der Waals surface area contributed by atoms with E-state index >= 15 is 0 Å². The van der Waals surface area contributed by atoms with Crippen LogP contribution in [0.3, 0.4) is 0 Å². The van der Waals surface area contributed by atoms with Gasteiger partial charge >= 0.3 is 0 Å². The highest BCUT2D eigenvalue weighted by Gasteiger charge is 2.09. The maximum Gasteiger partial charge on any atom is 0.132 e. The van der Waals surface area contributed by atoms with E-state index in [1.54, 1.807) is 18.9 Å². The molecule has 0 spiro atoms. The van der Waals surface area contributed by atoms with E-state index in [0.717, 1.165) is 16.4 Å². The minimum atomic E-state index is 0.0317. The molecule has 0 radical (unpaired) electrons. The first kappa shape index (κ1) is 14.9. The van der Waals surface area contributed by atoms with Gasteiger partial charge in [-0.05, 0) is 42.7 Å². The van der Waals surface area contributed by atoms with Crippen LogP contribution in [0.2, 0.25) is 0 Å². The van der Waals surface area contributed by atoms with E-state index in [9.17, 15) is 0 Å². The quantitative estimate of drug-likeness (QED) is 0.841. The van der Waals surface area contributed by atoms with Crippen molar-refractivity contribution in [3.05, 3.63) is 59.2 Å². The van der Waals surface area contributed by atoms with Gasteiger partial charge in [0.05, 0.1) is 7.11 Å². The average Bonchev–Trinajstić information content (AvgIpc) is 2.47. The van der Waals surface area contributed by atoms with Crippen LogP contribution >= 0.6 is 11.8 Å². The zero-order chi connectivity index (χ0) is 14.5. The van der Waals surface area contributed by atoms with Crippen molar-refractivity contribution in [2.75, 3.05) is 12.9 Å². The molecule has 0 saturated carbocycles. The Hall–Kier alpha value is -1.45. The third kappa shape index (κ3) is 3.56. The molecule has 1 atom stereocenters. The van der Waals surface area contributed by atoms with Crippen LogP contribution in [-0.2, 0) is 0 Å². The molecule has 0 aliphatic carbocycles. The molecule has 0 amide bonds. The Balaban J connectivity index is 2.04. The highest BCUT2D eigenvalue weighted by atomic mass is 32.2. The first-order valence-corrected chi connectivity index (χ1v) is 7.69. The van der Waals surface area contributed by atoms with Crippen molar-refractivity contribution in [1.29, 1.82) is 0 Å².